The first-order chi connectivity index (χ1) is 14.2. The molecule has 0 aromatic heterocycles. The highest BCUT2D eigenvalue weighted by molar-refractivity contribution is 5.96. The summed E-state index contributed by atoms with van der Waals surface area (Å²) < 4.78 is 4.66. The number of unbranched alkanes of at least 4 members (excludes halogenated alkanes) is 13. The lowest BCUT2D eigenvalue weighted by atomic mass is 10.0. The van der Waals surface area contributed by atoms with Crippen LogP contribution in [0.4, 0.5) is 0 Å². The molecule has 0 heterocycles. The van der Waals surface area contributed by atoms with E-state index in [0.717, 1.165) is 6.42 Å². The van der Waals surface area contributed by atoms with Crippen molar-refractivity contribution in [1.82, 2.24) is 5.32 Å². The van der Waals surface area contributed by atoms with Crippen molar-refractivity contribution < 1.29 is 14.3 Å². The summed E-state index contributed by atoms with van der Waals surface area (Å²) in [6.07, 6.45) is 18.6. The second-order valence-corrected chi connectivity index (χ2v) is 7.92. The molecule has 0 saturated carbocycles. The molecule has 1 aromatic carbocycles. The number of hydrogen-bond acceptors (Lipinski definition) is 3. The number of benzene rings is 1. The van der Waals surface area contributed by atoms with Gasteiger partial charge in [-0.3, -0.25) is 4.79 Å². The predicted octanol–water partition coefficient (Wildman–Crippen LogP) is 6.68. The van der Waals surface area contributed by atoms with E-state index in [2.05, 4.69) is 17.0 Å². The third-order valence-corrected chi connectivity index (χ3v) is 5.38. The Labute approximate surface area is 177 Å². The van der Waals surface area contributed by atoms with Crippen molar-refractivity contribution in [3.63, 3.8) is 0 Å². The predicted molar refractivity (Wildman–Crippen MR) is 120 cm³/mol. The van der Waals surface area contributed by atoms with Crippen molar-refractivity contribution in [3.05, 3.63) is 35.4 Å². The normalized spacial score (nSPS) is 10.7. The first-order valence-corrected chi connectivity index (χ1v) is 11.7. The van der Waals surface area contributed by atoms with Crippen molar-refractivity contribution >= 4 is 11.9 Å². The van der Waals surface area contributed by atoms with Gasteiger partial charge in [0.15, 0.2) is 0 Å². The average molecular weight is 404 g/mol. The lowest BCUT2D eigenvalue weighted by Crippen LogP contribution is -2.24. The number of rotatable bonds is 17. The minimum Gasteiger partial charge on any atom is -0.465 e. The summed E-state index contributed by atoms with van der Waals surface area (Å²) in [6, 6.07) is 6.56. The molecular formula is C25H41NO3. The first kappa shape index (κ1) is 25.2. The van der Waals surface area contributed by atoms with E-state index in [-0.39, 0.29) is 11.9 Å². The lowest BCUT2D eigenvalue weighted by Gasteiger charge is -2.06. The third kappa shape index (κ3) is 12.4. The number of amides is 1. The summed E-state index contributed by atoms with van der Waals surface area (Å²) in [6.45, 7) is 2.97. The molecular weight excluding hydrogens is 362 g/mol. The Bertz CT molecular complexity index is 554. The second kappa shape index (κ2) is 17.1. The van der Waals surface area contributed by atoms with Gasteiger partial charge in [-0.2, -0.15) is 0 Å². The molecule has 0 aliphatic heterocycles. The van der Waals surface area contributed by atoms with Crippen LogP contribution in [0.3, 0.4) is 0 Å². The van der Waals surface area contributed by atoms with Gasteiger partial charge in [-0.25, -0.2) is 4.79 Å². The van der Waals surface area contributed by atoms with Gasteiger partial charge in [-0.15, -0.1) is 0 Å². The van der Waals surface area contributed by atoms with Crippen LogP contribution in [0.1, 0.15) is 118 Å². The fourth-order valence-electron chi connectivity index (χ4n) is 3.50. The summed E-state index contributed by atoms with van der Waals surface area (Å²) in [5.74, 6) is -0.476. The van der Waals surface area contributed by atoms with E-state index < -0.39 is 0 Å². The number of carbonyl (C=O) groups is 2. The fraction of sp³-hybridized carbons (Fsp3) is 0.680. The van der Waals surface area contributed by atoms with Gasteiger partial charge >= 0.3 is 5.97 Å². The van der Waals surface area contributed by atoms with Gasteiger partial charge in [0.05, 0.1) is 12.7 Å². The van der Waals surface area contributed by atoms with Gasteiger partial charge in [0, 0.05) is 12.1 Å². The molecule has 0 aliphatic carbocycles. The van der Waals surface area contributed by atoms with Crippen LogP contribution < -0.4 is 5.32 Å². The summed E-state index contributed by atoms with van der Waals surface area (Å²) in [5.41, 5.74) is 1.03. The molecule has 0 saturated heterocycles. The summed E-state index contributed by atoms with van der Waals surface area (Å²) in [4.78, 5) is 23.5. The highest BCUT2D eigenvalue weighted by atomic mass is 16.5. The summed E-state index contributed by atoms with van der Waals surface area (Å²) in [5, 5.41) is 2.95. The molecule has 0 unspecified atom stereocenters. The molecule has 0 radical (unpaired) electrons. The number of nitrogens with one attached hydrogen (secondary N) is 1. The first-order valence-electron chi connectivity index (χ1n) is 11.7. The highest BCUT2D eigenvalue weighted by Gasteiger charge is 2.08. The van der Waals surface area contributed by atoms with Gasteiger partial charge in [-0.1, -0.05) is 90.4 Å². The molecule has 0 spiro atoms. The Morgan fingerprint density at radius 1 is 0.690 bits per heavy atom. The van der Waals surface area contributed by atoms with Crippen molar-refractivity contribution in [2.75, 3.05) is 13.7 Å². The van der Waals surface area contributed by atoms with Crippen molar-refractivity contribution in [2.45, 2.75) is 96.8 Å². The molecule has 4 nitrogen and oxygen atoms in total. The molecule has 0 atom stereocenters. The smallest absolute Gasteiger partial charge is 0.337 e. The van der Waals surface area contributed by atoms with Crippen LogP contribution in [0.2, 0.25) is 0 Å². The second-order valence-electron chi connectivity index (χ2n) is 7.92. The zero-order chi connectivity index (χ0) is 21.2. The van der Waals surface area contributed by atoms with Crippen LogP contribution >= 0.6 is 0 Å². The van der Waals surface area contributed by atoms with Crippen LogP contribution in [0.25, 0.3) is 0 Å². The van der Waals surface area contributed by atoms with E-state index in [1.165, 1.54) is 90.6 Å². The van der Waals surface area contributed by atoms with E-state index in [9.17, 15) is 9.59 Å². The highest BCUT2D eigenvalue weighted by Crippen LogP contribution is 2.13. The molecule has 29 heavy (non-hydrogen) atoms. The molecule has 0 fully saturated rings. The molecule has 164 valence electrons. The Morgan fingerprint density at radius 3 is 1.55 bits per heavy atom. The van der Waals surface area contributed by atoms with E-state index in [1.807, 2.05) is 0 Å². The average Bonchev–Trinajstić information content (AvgIpc) is 2.75. The minimum absolute atomic E-state index is 0.0869. The summed E-state index contributed by atoms with van der Waals surface area (Å²) >= 11 is 0. The standard InChI is InChI=1S/C25H41NO3/c1-3-4-5-6-7-8-9-10-11-12-13-14-15-16-21-26-24(27)22-17-19-23(20-18-22)25(28)29-2/h17-20H,3-16,21H2,1-2H3,(H,26,27). The molecule has 1 rings (SSSR count). The van der Waals surface area contributed by atoms with Crippen molar-refractivity contribution in [3.8, 4) is 0 Å². The van der Waals surface area contributed by atoms with Crippen LogP contribution in [0.5, 0.6) is 0 Å². The van der Waals surface area contributed by atoms with Crippen LogP contribution in [-0.2, 0) is 4.74 Å². The number of hydrogen-bond donors (Lipinski definition) is 1. The number of esters is 1. The maximum absolute atomic E-state index is 12.1. The molecule has 1 amide bonds. The zero-order valence-electron chi connectivity index (χ0n) is 18.6. The van der Waals surface area contributed by atoms with Crippen molar-refractivity contribution in [2.24, 2.45) is 0 Å². The fourth-order valence-corrected chi connectivity index (χ4v) is 3.50. The zero-order valence-corrected chi connectivity index (χ0v) is 18.6. The number of methoxy groups -OCH3 is 1. The molecule has 0 bridgehead atoms. The summed E-state index contributed by atoms with van der Waals surface area (Å²) in [7, 11) is 1.35. The van der Waals surface area contributed by atoms with Gasteiger partial charge in [0.1, 0.15) is 0 Å². The Morgan fingerprint density at radius 2 is 1.10 bits per heavy atom. The number of ether oxygens (including phenoxy) is 1. The topological polar surface area (TPSA) is 55.4 Å². The Kier molecular flexibility index (Phi) is 14.8. The SMILES string of the molecule is CCCCCCCCCCCCCCCCNC(=O)c1ccc(C(=O)OC)cc1. The minimum atomic E-state index is -0.389. The molecule has 4 heteroatoms. The van der Waals surface area contributed by atoms with Gasteiger partial charge in [-0.05, 0) is 30.7 Å². The number of carbonyl (C=O) groups excluding carboxylic acids is 2. The van der Waals surface area contributed by atoms with Crippen LogP contribution in [0, 0.1) is 0 Å². The lowest BCUT2D eigenvalue weighted by molar-refractivity contribution is 0.0600. The van der Waals surface area contributed by atoms with Crippen LogP contribution in [0.15, 0.2) is 24.3 Å². The van der Waals surface area contributed by atoms with E-state index >= 15 is 0 Å². The largest absolute Gasteiger partial charge is 0.465 e. The van der Waals surface area contributed by atoms with Crippen LogP contribution in [-0.4, -0.2) is 25.5 Å². The Hall–Kier alpha value is -1.84. The molecule has 0 aliphatic rings. The van der Waals surface area contributed by atoms with E-state index in [1.54, 1.807) is 24.3 Å². The quantitative estimate of drug-likeness (QED) is 0.233. The van der Waals surface area contributed by atoms with E-state index in [4.69, 9.17) is 0 Å². The Balaban J connectivity index is 1.93. The molecule has 1 N–H and O–H groups in total. The van der Waals surface area contributed by atoms with Gasteiger partial charge in [0.25, 0.3) is 5.91 Å². The maximum Gasteiger partial charge on any atom is 0.337 e. The van der Waals surface area contributed by atoms with Crippen molar-refractivity contribution in [1.29, 1.82) is 0 Å². The monoisotopic (exact) mass is 403 g/mol. The van der Waals surface area contributed by atoms with Gasteiger partial charge in [0.2, 0.25) is 0 Å². The maximum atomic E-state index is 12.1. The van der Waals surface area contributed by atoms with Gasteiger partial charge < -0.3 is 10.1 Å². The van der Waals surface area contributed by atoms with E-state index in [0.29, 0.717) is 17.7 Å². The third-order valence-electron chi connectivity index (χ3n) is 5.38. The molecule has 1 aromatic rings.